The first kappa shape index (κ1) is 52.3. The number of amides is 1. The van der Waals surface area contributed by atoms with E-state index in [-0.39, 0.29) is 68.0 Å². The SMILES string of the molecule is CCC1/C=C(\C)CC(C)CC(OC)C2OC(O)(C(=O)C(=O)N3CCCCC3C(=O)OC(C(C)=CC3CCC(OCC(=O)c4ccccc4)C(OC)C3)C(C)C(O)CC1=O)C(C)CC2OC. The molecular weight excluding hydrogens is 835 g/mol. The molecule has 3 aliphatic heterocycles. The van der Waals surface area contributed by atoms with Crippen molar-refractivity contribution in [3.8, 4) is 0 Å². The Hall–Kier alpha value is -3.63. The molecule has 0 radical (unpaired) electrons. The number of hydrogen-bond donors (Lipinski definition) is 2. The van der Waals surface area contributed by atoms with Crippen LogP contribution in [-0.2, 0) is 47.6 Å². The number of carbonyl (C=O) groups is 5. The zero-order chi connectivity index (χ0) is 47.6. The number of ether oxygens (including phenoxy) is 6. The van der Waals surface area contributed by atoms with Crippen LogP contribution in [0.5, 0.6) is 0 Å². The zero-order valence-electron chi connectivity index (χ0n) is 40.1. The number of allylic oxidation sites excluding steroid dienone is 3. The van der Waals surface area contributed by atoms with Gasteiger partial charge in [-0.25, -0.2) is 4.79 Å². The van der Waals surface area contributed by atoms with Gasteiger partial charge in [-0.15, -0.1) is 0 Å². The first-order valence-electron chi connectivity index (χ1n) is 23.8. The van der Waals surface area contributed by atoms with E-state index in [0.717, 1.165) is 5.57 Å². The molecule has 1 saturated carbocycles. The number of ketones is 3. The molecule has 2 N–H and O–H groups in total. The maximum absolute atomic E-state index is 14.5. The molecule has 14 nitrogen and oxygen atoms in total. The third-order valence-electron chi connectivity index (χ3n) is 14.4. The summed E-state index contributed by atoms with van der Waals surface area (Å²) in [5.41, 5.74) is 2.21. The van der Waals surface area contributed by atoms with E-state index < -0.39 is 77.8 Å². The highest BCUT2D eigenvalue weighted by atomic mass is 16.7. The third kappa shape index (κ3) is 12.9. The second kappa shape index (κ2) is 23.9. The molecule has 2 bridgehead atoms. The van der Waals surface area contributed by atoms with Gasteiger partial charge in [0.1, 0.15) is 30.6 Å². The number of hydrogen-bond acceptors (Lipinski definition) is 13. The summed E-state index contributed by atoms with van der Waals surface area (Å²) in [5, 5.41) is 23.9. The maximum atomic E-state index is 14.5. The fraction of sp³-hybridized carbons (Fsp3) is 0.706. The van der Waals surface area contributed by atoms with Gasteiger partial charge in [-0.2, -0.15) is 0 Å². The number of aliphatic hydroxyl groups excluding tert-OH is 1. The van der Waals surface area contributed by atoms with Crippen molar-refractivity contribution >= 4 is 29.2 Å². The number of methoxy groups -OCH3 is 3. The minimum absolute atomic E-state index is 0.0211. The summed E-state index contributed by atoms with van der Waals surface area (Å²) in [6, 6.07) is 7.83. The van der Waals surface area contributed by atoms with E-state index in [1.807, 2.05) is 51.1 Å². The molecule has 362 valence electrons. The van der Waals surface area contributed by atoms with Crippen LogP contribution in [0.4, 0.5) is 0 Å². The quantitative estimate of drug-likeness (QED) is 0.114. The first-order valence-corrected chi connectivity index (χ1v) is 23.8. The van der Waals surface area contributed by atoms with Crippen molar-refractivity contribution in [2.75, 3.05) is 34.5 Å². The molecule has 1 aliphatic carbocycles. The Morgan fingerprint density at radius 2 is 1.57 bits per heavy atom. The van der Waals surface area contributed by atoms with Gasteiger partial charge in [-0.1, -0.05) is 75.8 Å². The van der Waals surface area contributed by atoms with Crippen molar-refractivity contribution in [2.45, 2.75) is 167 Å². The van der Waals surface area contributed by atoms with Gasteiger partial charge in [0.15, 0.2) is 5.78 Å². The summed E-state index contributed by atoms with van der Waals surface area (Å²) in [7, 11) is 4.67. The van der Waals surface area contributed by atoms with Crippen molar-refractivity contribution in [1.29, 1.82) is 0 Å². The van der Waals surface area contributed by atoms with Gasteiger partial charge in [0.25, 0.3) is 11.7 Å². The van der Waals surface area contributed by atoms with Gasteiger partial charge >= 0.3 is 5.97 Å². The van der Waals surface area contributed by atoms with E-state index in [9.17, 15) is 34.2 Å². The summed E-state index contributed by atoms with van der Waals surface area (Å²) in [6.45, 7) is 11.2. The van der Waals surface area contributed by atoms with E-state index in [2.05, 4.69) is 6.92 Å². The number of Topliss-reactive ketones (excluding diaryl/α,β-unsaturated/α-hetero) is 3. The number of fused-ring (bicyclic) bond motifs is 3. The molecule has 0 aromatic heterocycles. The molecular formula is C51H75NO13. The van der Waals surface area contributed by atoms with E-state index >= 15 is 0 Å². The van der Waals surface area contributed by atoms with Crippen molar-refractivity contribution in [1.82, 2.24) is 4.90 Å². The number of esters is 1. The lowest BCUT2D eigenvalue weighted by Gasteiger charge is -2.47. The fourth-order valence-electron chi connectivity index (χ4n) is 10.5. The highest BCUT2D eigenvalue weighted by molar-refractivity contribution is 6.39. The van der Waals surface area contributed by atoms with Gasteiger partial charge in [0.2, 0.25) is 5.79 Å². The average molecular weight is 910 g/mol. The van der Waals surface area contributed by atoms with E-state index in [1.165, 1.54) is 19.1 Å². The number of rotatable bonds is 10. The average Bonchev–Trinajstić information content (AvgIpc) is 3.30. The van der Waals surface area contributed by atoms with E-state index in [4.69, 9.17) is 28.4 Å². The van der Waals surface area contributed by atoms with Gasteiger partial charge in [0, 0.05) is 57.6 Å². The molecule has 14 unspecified atom stereocenters. The van der Waals surface area contributed by atoms with Gasteiger partial charge in [-0.05, 0) is 95.5 Å². The van der Waals surface area contributed by atoms with E-state index in [1.54, 1.807) is 33.1 Å². The lowest BCUT2D eigenvalue weighted by Crippen LogP contribution is -2.64. The topological polar surface area (TPSA) is 184 Å². The summed E-state index contributed by atoms with van der Waals surface area (Å²) < 4.78 is 36.4. The molecule has 1 amide bonds. The summed E-state index contributed by atoms with van der Waals surface area (Å²) in [6.07, 6.45) is 3.90. The van der Waals surface area contributed by atoms with Crippen LogP contribution in [0.3, 0.4) is 0 Å². The van der Waals surface area contributed by atoms with Crippen LogP contribution in [0.15, 0.2) is 53.6 Å². The smallest absolute Gasteiger partial charge is 0.329 e. The fourth-order valence-corrected chi connectivity index (χ4v) is 10.5. The van der Waals surface area contributed by atoms with Crippen LogP contribution in [-0.4, -0.2) is 133 Å². The predicted octanol–water partition coefficient (Wildman–Crippen LogP) is 6.38. The molecule has 3 fully saturated rings. The largest absolute Gasteiger partial charge is 0.456 e. The van der Waals surface area contributed by atoms with Crippen molar-refractivity contribution in [3.05, 3.63) is 59.2 Å². The van der Waals surface area contributed by atoms with Gasteiger partial charge in [0.05, 0.1) is 30.5 Å². The van der Waals surface area contributed by atoms with Gasteiger partial charge in [-0.3, -0.25) is 19.2 Å². The Bertz CT molecular complexity index is 1850. The molecule has 3 heterocycles. The summed E-state index contributed by atoms with van der Waals surface area (Å²) >= 11 is 0. The minimum Gasteiger partial charge on any atom is -0.456 e. The Morgan fingerprint density at radius 1 is 0.892 bits per heavy atom. The lowest BCUT2D eigenvalue weighted by atomic mass is 9.81. The van der Waals surface area contributed by atoms with Crippen LogP contribution in [0.25, 0.3) is 0 Å². The summed E-state index contributed by atoms with van der Waals surface area (Å²) in [4.78, 5) is 71.1. The molecule has 65 heavy (non-hydrogen) atoms. The van der Waals surface area contributed by atoms with Crippen LogP contribution in [0.1, 0.15) is 123 Å². The van der Waals surface area contributed by atoms with Gasteiger partial charge < -0.3 is 43.5 Å². The van der Waals surface area contributed by atoms with Crippen molar-refractivity contribution in [3.63, 3.8) is 0 Å². The van der Waals surface area contributed by atoms with Crippen molar-refractivity contribution in [2.24, 2.45) is 29.6 Å². The number of benzene rings is 1. The molecule has 0 spiro atoms. The molecule has 14 heteroatoms. The second-order valence-electron chi connectivity index (χ2n) is 19.2. The minimum atomic E-state index is -2.52. The number of carbonyl (C=O) groups excluding carboxylic acids is 5. The second-order valence-corrected chi connectivity index (χ2v) is 19.2. The standard InChI is InChI=1S/C51H75NO13/c1-10-36-23-30(2)22-31(3)24-44(61-8)47-45(62-9)26-33(5)51(59,65-47)48(56)49(57)52-21-15-14-18-38(52)50(58)64-46(34(6)39(53)28-40(36)54)32(4)25-35-19-20-42(43(27-35)60-7)63-29-41(55)37-16-12-11-13-17-37/h11-13,16-17,23,25,31,33-36,38-39,42-47,53,59H,10,14-15,18-22,24,26-29H2,1-9H3/b30-23+,32-25?. The number of aliphatic hydroxyl groups is 2. The lowest BCUT2D eigenvalue weighted by molar-refractivity contribution is -0.302. The normalized spacial score (nSPS) is 37.3. The highest BCUT2D eigenvalue weighted by Gasteiger charge is 2.56. The Balaban J connectivity index is 1.46. The third-order valence-corrected chi connectivity index (χ3v) is 14.4. The van der Waals surface area contributed by atoms with Crippen LogP contribution < -0.4 is 0 Å². The zero-order valence-corrected chi connectivity index (χ0v) is 40.1. The molecule has 4 aliphatic rings. The molecule has 1 aromatic carbocycles. The first-order chi connectivity index (χ1) is 30.9. The molecule has 14 atom stereocenters. The van der Waals surface area contributed by atoms with Crippen LogP contribution in [0.2, 0.25) is 0 Å². The van der Waals surface area contributed by atoms with E-state index in [0.29, 0.717) is 62.5 Å². The highest BCUT2D eigenvalue weighted by Crippen LogP contribution is 2.39. The molecule has 1 aromatic rings. The van der Waals surface area contributed by atoms with Crippen LogP contribution in [0, 0.1) is 29.6 Å². The Labute approximate surface area is 385 Å². The molecule has 5 rings (SSSR count). The maximum Gasteiger partial charge on any atom is 0.329 e. The Kier molecular flexibility index (Phi) is 19.2. The monoisotopic (exact) mass is 910 g/mol. The Morgan fingerprint density at radius 3 is 2.23 bits per heavy atom. The van der Waals surface area contributed by atoms with Crippen LogP contribution >= 0.6 is 0 Å². The number of nitrogens with zero attached hydrogens (tertiary/aromatic N) is 1. The van der Waals surface area contributed by atoms with Crippen molar-refractivity contribution < 1.29 is 62.6 Å². The molecule has 2 saturated heterocycles. The predicted molar refractivity (Wildman–Crippen MR) is 243 cm³/mol. The summed E-state index contributed by atoms with van der Waals surface area (Å²) in [5.74, 6) is -7.80. The number of cyclic esters (lactones) is 1. The number of piperidine rings is 1.